The van der Waals surface area contributed by atoms with Crippen LogP contribution in [0.3, 0.4) is 0 Å². The Balaban J connectivity index is 1.69. The van der Waals surface area contributed by atoms with Crippen LogP contribution in [0, 0.1) is 5.92 Å². The van der Waals surface area contributed by atoms with Crippen molar-refractivity contribution in [3.63, 3.8) is 0 Å². The van der Waals surface area contributed by atoms with E-state index >= 15 is 0 Å². The molecule has 0 saturated heterocycles. The maximum atomic E-state index is 13.9. The lowest BCUT2D eigenvalue weighted by Crippen LogP contribution is -2.50. The number of fused-ring (bicyclic) bond motifs is 3. The predicted molar refractivity (Wildman–Crippen MR) is 130 cm³/mol. The van der Waals surface area contributed by atoms with Crippen LogP contribution in [0.1, 0.15) is 24.1 Å². The Morgan fingerprint density at radius 3 is 2.49 bits per heavy atom. The van der Waals surface area contributed by atoms with Crippen LogP contribution in [0.15, 0.2) is 72.8 Å². The molecule has 0 bridgehead atoms. The molecule has 0 spiro atoms. The number of imidazole rings is 1. The normalized spacial score (nSPS) is 17.4. The molecule has 0 fully saturated rings. The van der Waals surface area contributed by atoms with E-state index in [1.165, 1.54) is 12.1 Å². The van der Waals surface area contributed by atoms with E-state index in [1.807, 2.05) is 59.2 Å². The van der Waals surface area contributed by atoms with E-state index in [-0.39, 0.29) is 18.1 Å². The molecule has 178 valence electrons. The number of aromatic hydroxyl groups is 2. The molecule has 35 heavy (non-hydrogen) atoms. The van der Waals surface area contributed by atoms with Gasteiger partial charge in [0, 0.05) is 6.54 Å². The highest BCUT2D eigenvalue weighted by atomic mass is 16.5. The van der Waals surface area contributed by atoms with Gasteiger partial charge in [-0.2, -0.15) is 0 Å². The summed E-state index contributed by atoms with van der Waals surface area (Å²) >= 11 is 0. The summed E-state index contributed by atoms with van der Waals surface area (Å²) < 4.78 is 7.20. The number of phenolic OH excluding ortho intramolecular Hbond substituents is 2. The first-order valence-electron chi connectivity index (χ1n) is 11.5. The van der Waals surface area contributed by atoms with Gasteiger partial charge in [-0.3, -0.25) is 14.5 Å². The van der Waals surface area contributed by atoms with Gasteiger partial charge in [-0.15, -0.1) is 0 Å². The van der Waals surface area contributed by atoms with Gasteiger partial charge in [0.25, 0.3) is 0 Å². The number of hydrogen-bond donors (Lipinski definition) is 2. The number of carbonyl (C=O) groups excluding carboxylic acids is 2. The quantitative estimate of drug-likeness (QED) is 0.252. The fraction of sp³-hybridized carbons (Fsp3) is 0.222. The summed E-state index contributed by atoms with van der Waals surface area (Å²) in [5, 5.41) is 20.1. The molecular formula is C27H25N3O5. The molecule has 0 saturated carbocycles. The van der Waals surface area contributed by atoms with Crippen LogP contribution in [0.4, 0.5) is 5.95 Å². The molecule has 0 radical (unpaired) electrons. The predicted octanol–water partition coefficient (Wildman–Crippen LogP) is 3.81. The number of benzene rings is 3. The number of para-hydroxylation sites is 2. The molecule has 0 unspecified atom stereocenters. The Labute approximate surface area is 202 Å². The van der Waals surface area contributed by atoms with Gasteiger partial charge in [-0.25, -0.2) is 4.98 Å². The Morgan fingerprint density at radius 1 is 1.00 bits per heavy atom. The third kappa shape index (κ3) is 3.97. The molecule has 2 N–H and O–H groups in total. The van der Waals surface area contributed by atoms with Crippen molar-refractivity contribution in [3.8, 4) is 11.5 Å². The molecule has 0 aliphatic carbocycles. The lowest BCUT2D eigenvalue weighted by atomic mass is 9.89. The van der Waals surface area contributed by atoms with E-state index in [9.17, 15) is 19.8 Å². The number of nitrogens with zero attached hydrogens (tertiary/aromatic N) is 3. The Kier molecular flexibility index (Phi) is 5.86. The summed E-state index contributed by atoms with van der Waals surface area (Å²) in [6, 6.07) is 20.8. The van der Waals surface area contributed by atoms with E-state index in [1.54, 1.807) is 17.9 Å². The molecule has 8 heteroatoms. The van der Waals surface area contributed by atoms with E-state index < -0.39 is 23.8 Å². The van der Waals surface area contributed by atoms with Crippen LogP contribution < -0.4 is 4.90 Å². The summed E-state index contributed by atoms with van der Waals surface area (Å²) in [4.78, 5) is 33.4. The van der Waals surface area contributed by atoms with Crippen LogP contribution in [-0.2, 0) is 20.7 Å². The highest BCUT2D eigenvalue weighted by molar-refractivity contribution is 6.08. The molecule has 3 aromatic carbocycles. The summed E-state index contributed by atoms with van der Waals surface area (Å²) in [5.41, 5.74) is 2.96. The van der Waals surface area contributed by atoms with Gasteiger partial charge in [-0.05, 0) is 48.7 Å². The van der Waals surface area contributed by atoms with Gasteiger partial charge in [-0.1, -0.05) is 48.5 Å². The largest absolute Gasteiger partial charge is 0.504 e. The van der Waals surface area contributed by atoms with Crippen molar-refractivity contribution in [1.82, 2.24) is 9.55 Å². The van der Waals surface area contributed by atoms with Gasteiger partial charge in [0.1, 0.15) is 0 Å². The zero-order chi connectivity index (χ0) is 24.5. The third-order valence-corrected chi connectivity index (χ3v) is 6.29. The molecule has 1 aliphatic heterocycles. The van der Waals surface area contributed by atoms with Gasteiger partial charge >= 0.3 is 5.97 Å². The van der Waals surface area contributed by atoms with Gasteiger partial charge in [0.15, 0.2) is 17.4 Å². The van der Waals surface area contributed by atoms with Gasteiger partial charge < -0.3 is 19.5 Å². The Bertz CT molecular complexity index is 1400. The van der Waals surface area contributed by atoms with E-state index in [2.05, 4.69) is 0 Å². The average molecular weight is 472 g/mol. The maximum absolute atomic E-state index is 13.9. The fourth-order valence-corrected chi connectivity index (χ4v) is 4.67. The van der Waals surface area contributed by atoms with Crippen molar-refractivity contribution < 1.29 is 24.5 Å². The van der Waals surface area contributed by atoms with E-state index in [0.29, 0.717) is 30.0 Å². The molecular weight excluding hydrogens is 446 g/mol. The highest BCUT2D eigenvalue weighted by Gasteiger charge is 2.47. The lowest BCUT2D eigenvalue weighted by Gasteiger charge is -2.38. The molecule has 1 amide bonds. The van der Waals surface area contributed by atoms with Gasteiger partial charge in [0.05, 0.1) is 23.7 Å². The average Bonchev–Trinajstić information content (AvgIpc) is 3.24. The lowest BCUT2D eigenvalue weighted by molar-refractivity contribution is -0.153. The minimum absolute atomic E-state index is 0.123. The zero-order valence-electron chi connectivity index (χ0n) is 19.2. The topological polar surface area (TPSA) is 105 Å². The second kappa shape index (κ2) is 9.13. The molecule has 1 aliphatic rings. The fourth-order valence-electron chi connectivity index (χ4n) is 4.67. The summed E-state index contributed by atoms with van der Waals surface area (Å²) in [7, 11) is 0. The second-order valence-corrected chi connectivity index (χ2v) is 8.42. The summed E-state index contributed by atoms with van der Waals surface area (Å²) in [6.07, 6.45) is 0.579. The monoisotopic (exact) mass is 471 g/mol. The van der Waals surface area contributed by atoms with Crippen LogP contribution in [-0.4, -0.2) is 44.8 Å². The molecule has 4 aromatic rings. The van der Waals surface area contributed by atoms with Crippen LogP contribution in [0.5, 0.6) is 11.5 Å². The van der Waals surface area contributed by atoms with Crippen LogP contribution in [0.2, 0.25) is 0 Å². The van der Waals surface area contributed by atoms with Crippen molar-refractivity contribution in [2.75, 3.05) is 18.1 Å². The summed E-state index contributed by atoms with van der Waals surface area (Å²) in [6.45, 7) is 2.14. The molecule has 2 heterocycles. The number of phenols is 2. The van der Waals surface area contributed by atoms with Crippen LogP contribution in [0.25, 0.3) is 11.0 Å². The number of hydrogen-bond acceptors (Lipinski definition) is 6. The van der Waals surface area contributed by atoms with Crippen molar-refractivity contribution in [2.45, 2.75) is 19.4 Å². The Morgan fingerprint density at radius 2 is 1.74 bits per heavy atom. The molecule has 1 aromatic heterocycles. The number of ether oxygens (including phenoxy) is 1. The number of carbonyl (C=O) groups is 2. The first-order valence-corrected chi connectivity index (χ1v) is 11.5. The standard InChI is InChI=1S/C27H25N3O5/c1-2-35-26(34)23-24(18-12-13-21(31)22(32)16-18)30-20-11-7-6-10-19(20)28-27(30)29(25(23)33)15-14-17-8-4-3-5-9-17/h3-13,16,23-24,31-32H,2,14-15H2,1H3/t23-,24-/m1/s1. The Hall–Kier alpha value is -4.33. The molecule has 8 nitrogen and oxygen atoms in total. The molecule has 5 rings (SSSR count). The second-order valence-electron chi connectivity index (χ2n) is 8.42. The van der Waals surface area contributed by atoms with E-state index in [4.69, 9.17) is 9.72 Å². The number of rotatable bonds is 6. The number of esters is 1. The third-order valence-electron chi connectivity index (χ3n) is 6.29. The van der Waals surface area contributed by atoms with E-state index in [0.717, 1.165) is 11.1 Å². The van der Waals surface area contributed by atoms with Crippen molar-refractivity contribution in [1.29, 1.82) is 0 Å². The zero-order valence-corrected chi connectivity index (χ0v) is 19.2. The first kappa shape index (κ1) is 22.5. The molecule has 2 atom stereocenters. The van der Waals surface area contributed by atoms with Crippen LogP contribution >= 0.6 is 0 Å². The highest BCUT2D eigenvalue weighted by Crippen LogP contribution is 2.42. The van der Waals surface area contributed by atoms with Gasteiger partial charge in [0.2, 0.25) is 11.9 Å². The number of aromatic nitrogens is 2. The smallest absolute Gasteiger partial charge is 0.321 e. The van der Waals surface area contributed by atoms with Crippen molar-refractivity contribution in [3.05, 3.63) is 83.9 Å². The number of anilines is 1. The number of amides is 1. The minimum Gasteiger partial charge on any atom is -0.504 e. The van der Waals surface area contributed by atoms with Crippen molar-refractivity contribution in [2.24, 2.45) is 5.92 Å². The first-order chi connectivity index (χ1) is 17.0. The van der Waals surface area contributed by atoms with Crippen molar-refractivity contribution >= 4 is 28.9 Å². The summed E-state index contributed by atoms with van der Waals surface area (Å²) in [5.74, 6) is -2.47. The maximum Gasteiger partial charge on any atom is 0.321 e. The SMILES string of the molecule is CCOC(=O)[C@H]1C(=O)N(CCc2ccccc2)c2nc3ccccc3n2[C@@H]1c1ccc(O)c(O)c1. The minimum atomic E-state index is -1.19.